The third-order valence-corrected chi connectivity index (χ3v) is 5.47. The van der Waals surface area contributed by atoms with E-state index in [0.29, 0.717) is 27.9 Å². The Morgan fingerprint density at radius 3 is 2.55 bits per heavy atom. The number of para-hydroxylation sites is 2. The Morgan fingerprint density at radius 2 is 1.82 bits per heavy atom. The fourth-order valence-corrected chi connectivity index (χ4v) is 3.58. The molecule has 0 spiro atoms. The highest BCUT2D eigenvalue weighted by Crippen LogP contribution is 2.29. The summed E-state index contributed by atoms with van der Waals surface area (Å²) in [6.45, 7) is 4.02. The summed E-state index contributed by atoms with van der Waals surface area (Å²) in [6.07, 6.45) is 4.98. The summed E-state index contributed by atoms with van der Waals surface area (Å²) < 4.78 is 1.44. The van der Waals surface area contributed by atoms with Crippen LogP contribution >= 0.6 is 0 Å². The highest BCUT2D eigenvalue weighted by molar-refractivity contribution is 6.16. The fraction of sp³-hybridized carbons (Fsp3) is 0.0800. The quantitative estimate of drug-likeness (QED) is 0.409. The number of aryl methyl sites for hydroxylation is 2. The number of aromatic nitrogens is 4. The molecule has 0 bridgehead atoms. The highest BCUT2D eigenvalue weighted by Gasteiger charge is 2.24. The number of rotatable bonds is 4. The van der Waals surface area contributed by atoms with Gasteiger partial charge in [-0.05, 0) is 55.3 Å². The summed E-state index contributed by atoms with van der Waals surface area (Å²) in [4.78, 5) is 26.8. The molecule has 8 heteroatoms. The molecule has 2 aromatic carbocycles. The van der Waals surface area contributed by atoms with Crippen LogP contribution in [0.1, 0.15) is 27.0 Å². The monoisotopic (exact) mass is 435 g/mol. The molecule has 0 aliphatic heterocycles. The van der Waals surface area contributed by atoms with E-state index in [1.807, 2.05) is 68.4 Å². The van der Waals surface area contributed by atoms with Crippen LogP contribution in [0.4, 0.5) is 11.5 Å². The molecule has 162 valence electrons. The molecule has 1 amide bonds. The number of amides is 1. The predicted octanol–water partition coefficient (Wildman–Crippen LogP) is 4.31. The van der Waals surface area contributed by atoms with Crippen LogP contribution in [0.5, 0.6) is 0 Å². The third kappa shape index (κ3) is 3.78. The number of pyridine rings is 1. The van der Waals surface area contributed by atoms with E-state index < -0.39 is 0 Å². The predicted molar refractivity (Wildman–Crippen MR) is 131 cm³/mol. The number of hydrogen-bond donors (Lipinski definition) is 2. The number of nitrogens with one attached hydrogen (secondary N) is 1. The van der Waals surface area contributed by atoms with E-state index in [2.05, 4.69) is 15.4 Å². The van der Waals surface area contributed by atoms with Crippen molar-refractivity contribution in [3.8, 4) is 0 Å². The Bertz CT molecular complexity index is 1540. The molecule has 3 heterocycles. The Kier molecular flexibility index (Phi) is 5.02. The van der Waals surface area contributed by atoms with Crippen LogP contribution in [-0.4, -0.2) is 31.7 Å². The zero-order valence-electron chi connectivity index (χ0n) is 18.1. The van der Waals surface area contributed by atoms with Gasteiger partial charge in [-0.1, -0.05) is 24.3 Å². The van der Waals surface area contributed by atoms with Crippen LogP contribution in [0.15, 0.2) is 72.1 Å². The number of fused-ring (bicyclic) bond motifs is 2. The van der Waals surface area contributed by atoms with Crippen molar-refractivity contribution in [3.63, 3.8) is 0 Å². The molecule has 0 saturated heterocycles. The molecule has 5 aromatic rings. The first-order chi connectivity index (χ1) is 16.0. The summed E-state index contributed by atoms with van der Waals surface area (Å²) in [6, 6.07) is 16.9. The van der Waals surface area contributed by atoms with Crippen LogP contribution < -0.4 is 11.1 Å². The lowest BCUT2D eigenvalue weighted by Gasteiger charge is -2.08. The van der Waals surface area contributed by atoms with Crippen molar-refractivity contribution in [1.82, 2.24) is 19.6 Å². The number of hydrogen-bond acceptors (Lipinski definition) is 6. The van der Waals surface area contributed by atoms with E-state index in [1.165, 1.54) is 4.68 Å². The van der Waals surface area contributed by atoms with Crippen LogP contribution in [0.25, 0.3) is 22.2 Å². The summed E-state index contributed by atoms with van der Waals surface area (Å²) in [5.41, 5.74) is 12.5. The molecule has 0 saturated carbocycles. The molecule has 0 aliphatic carbocycles. The van der Waals surface area contributed by atoms with Gasteiger partial charge in [-0.3, -0.25) is 9.78 Å². The van der Waals surface area contributed by atoms with E-state index in [1.54, 1.807) is 18.6 Å². The average molecular weight is 435 g/mol. The summed E-state index contributed by atoms with van der Waals surface area (Å²) in [7, 11) is 0. The van der Waals surface area contributed by atoms with E-state index in [9.17, 15) is 4.79 Å². The summed E-state index contributed by atoms with van der Waals surface area (Å²) in [5.74, 6) is -0.220. The minimum absolute atomic E-state index is 0.154. The molecule has 0 fully saturated rings. The Labute approximate surface area is 189 Å². The Hall–Kier alpha value is -4.59. The molecular weight excluding hydrogens is 414 g/mol. The van der Waals surface area contributed by atoms with Gasteiger partial charge in [-0.15, -0.1) is 0 Å². The molecule has 0 unspecified atom stereocenters. The van der Waals surface area contributed by atoms with Crippen LogP contribution in [0.3, 0.4) is 0 Å². The Morgan fingerprint density at radius 1 is 1.03 bits per heavy atom. The number of nitrogens with zero attached hydrogens (tertiary/aromatic N) is 5. The lowest BCUT2D eigenvalue weighted by atomic mass is 10.1. The summed E-state index contributed by atoms with van der Waals surface area (Å²) in [5, 5.41) is 7.42. The van der Waals surface area contributed by atoms with Crippen molar-refractivity contribution in [3.05, 3.63) is 89.2 Å². The van der Waals surface area contributed by atoms with Crippen LogP contribution in [0.2, 0.25) is 0 Å². The SMILES string of the molecule is Cc1ccc(NC(=O)c2c(N)n(/N=C/c3cccnc3)c3nc4ccccc4nc23)cc1C. The van der Waals surface area contributed by atoms with E-state index in [-0.39, 0.29) is 17.3 Å². The van der Waals surface area contributed by atoms with Gasteiger partial charge in [0.25, 0.3) is 5.91 Å². The van der Waals surface area contributed by atoms with Crippen molar-refractivity contribution in [1.29, 1.82) is 0 Å². The maximum atomic E-state index is 13.3. The van der Waals surface area contributed by atoms with Gasteiger partial charge in [0.2, 0.25) is 0 Å². The lowest BCUT2D eigenvalue weighted by molar-refractivity contribution is 0.102. The van der Waals surface area contributed by atoms with Gasteiger partial charge in [-0.2, -0.15) is 9.78 Å². The van der Waals surface area contributed by atoms with Crippen LogP contribution in [-0.2, 0) is 0 Å². The molecule has 3 aromatic heterocycles. The second kappa shape index (κ2) is 8.16. The first-order valence-electron chi connectivity index (χ1n) is 10.4. The maximum Gasteiger partial charge on any atom is 0.261 e. The van der Waals surface area contributed by atoms with E-state index >= 15 is 0 Å². The second-order valence-corrected chi connectivity index (χ2v) is 7.74. The number of nitrogen functional groups attached to an aromatic ring is 1. The van der Waals surface area contributed by atoms with Crippen molar-refractivity contribution in [2.75, 3.05) is 11.1 Å². The molecule has 0 aliphatic rings. The second-order valence-electron chi connectivity index (χ2n) is 7.74. The zero-order chi connectivity index (χ0) is 22.9. The van der Waals surface area contributed by atoms with E-state index in [4.69, 9.17) is 15.7 Å². The Balaban J connectivity index is 1.66. The van der Waals surface area contributed by atoms with Crippen molar-refractivity contribution < 1.29 is 4.79 Å². The average Bonchev–Trinajstić information content (AvgIpc) is 3.09. The number of carbonyl (C=O) groups excluding carboxylic acids is 1. The van der Waals surface area contributed by atoms with Gasteiger partial charge < -0.3 is 11.1 Å². The summed E-state index contributed by atoms with van der Waals surface area (Å²) >= 11 is 0. The fourth-order valence-electron chi connectivity index (χ4n) is 3.58. The molecule has 3 N–H and O–H groups in total. The number of nitrogens with two attached hydrogens (primary N) is 1. The molecule has 33 heavy (non-hydrogen) atoms. The van der Waals surface area contributed by atoms with E-state index in [0.717, 1.165) is 16.7 Å². The molecule has 0 radical (unpaired) electrons. The first-order valence-corrected chi connectivity index (χ1v) is 10.4. The first kappa shape index (κ1) is 20.3. The maximum absolute atomic E-state index is 13.3. The molecule has 5 rings (SSSR count). The minimum atomic E-state index is -0.374. The van der Waals surface area contributed by atoms with Crippen molar-refractivity contribution >= 4 is 45.8 Å². The van der Waals surface area contributed by atoms with Gasteiger partial charge in [0.1, 0.15) is 16.9 Å². The number of carbonyl (C=O) groups is 1. The van der Waals surface area contributed by atoms with Gasteiger partial charge in [0.05, 0.1) is 17.2 Å². The lowest BCUT2D eigenvalue weighted by Crippen LogP contribution is -2.14. The highest BCUT2D eigenvalue weighted by atomic mass is 16.1. The van der Waals surface area contributed by atoms with Gasteiger partial charge >= 0.3 is 0 Å². The van der Waals surface area contributed by atoms with Crippen LogP contribution in [0, 0.1) is 13.8 Å². The van der Waals surface area contributed by atoms with Gasteiger partial charge in [0, 0.05) is 23.6 Å². The number of anilines is 2. The smallest absolute Gasteiger partial charge is 0.261 e. The van der Waals surface area contributed by atoms with Crippen molar-refractivity contribution in [2.24, 2.45) is 5.10 Å². The van der Waals surface area contributed by atoms with Gasteiger partial charge in [-0.25, -0.2) is 9.97 Å². The number of benzene rings is 2. The van der Waals surface area contributed by atoms with Gasteiger partial charge in [0.15, 0.2) is 5.65 Å². The third-order valence-electron chi connectivity index (χ3n) is 5.47. The zero-order valence-corrected chi connectivity index (χ0v) is 18.1. The molecule has 0 atom stereocenters. The minimum Gasteiger partial charge on any atom is -0.383 e. The molecule has 8 nitrogen and oxygen atoms in total. The normalized spacial score (nSPS) is 11.5. The largest absolute Gasteiger partial charge is 0.383 e. The topological polar surface area (TPSA) is 111 Å². The van der Waals surface area contributed by atoms with Crippen molar-refractivity contribution in [2.45, 2.75) is 13.8 Å². The molecular formula is C25H21N7O. The standard InChI is InChI=1S/C25H21N7O/c1-15-9-10-18(12-16(15)2)29-25(33)21-22-24(31-20-8-4-3-7-19(20)30-22)32(23(21)26)28-14-17-6-5-11-27-13-17/h3-14H,26H2,1-2H3,(H,29,33)/b28-14+.